The molecule has 0 saturated carbocycles. The van der Waals surface area contributed by atoms with Gasteiger partial charge in [0.1, 0.15) is 12.7 Å². The van der Waals surface area contributed by atoms with Crippen molar-refractivity contribution in [3.8, 4) is 0 Å². The molecule has 6 heteroatoms. The topological polar surface area (TPSA) is 63.2 Å². The standard InChI is InChI=1S/C19H24O6/c1-18(2)23-12-16(24-18)17-15(20)9-10-19(21-3,25-17)13-22-11-14-7-5-4-6-8-14/h4-10,16-17H,11-13H2,1-3H3/t16-,17+,19-/m1/s1. The highest BCUT2D eigenvalue weighted by molar-refractivity contribution is 5.95. The molecule has 0 aromatic heterocycles. The Hall–Kier alpha value is -1.57. The molecule has 1 fully saturated rings. The first-order valence-corrected chi connectivity index (χ1v) is 8.33. The lowest BCUT2D eigenvalue weighted by molar-refractivity contribution is -0.258. The van der Waals surface area contributed by atoms with E-state index in [2.05, 4.69) is 0 Å². The van der Waals surface area contributed by atoms with Gasteiger partial charge in [0.15, 0.2) is 17.7 Å². The molecule has 1 aromatic rings. The van der Waals surface area contributed by atoms with E-state index in [0.717, 1.165) is 5.56 Å². The molecule has 0 aliphatic carbocycles. The normalized spacial score (nSPS) is 31.4. The number of hydrogen-bond acceptors (Lipinski definition) is 6. The van der Waals surface area contributed by atoms with Gasteiger partial charge in [0.05, 0.1) is 13.2 Å². The van der Waals surface area contributed by atoms with Crippen LogP contribution >= 0.6 is 0 Å². The molecule has 2 aliphatic rings. The van der Waals surface area contributed by atoms with E-state index in [0.29, 0.717) is 13.2 Å². The molecule has 0 radical (unpaired) electrons. The van der Waals surface area contributed by atoms with Gasteiger partial charge in [0, 0.05) is 7.11 Å². The van der Waals surface area contributed by atoms with Crippen molar-refractivity contribution in [2.24, 2.45) is 0 Å². The third-order valence-electron chi connectivity index (χ3n) is 4.24. The largest absolute Gasteiger partial charge is 0.371 e. The second-order valence-corrected chi connectivity index (χ2v) is 6.64. The first-order chi connectivity index (χ1) is 11.9. The Morgan fingerprint density at radius 2 is 1.96 bits per heavy atom. The zero-order chi connectivity index (χ0) is 17.9. The van der Waals surface area contributed by atoms with Gasteiger partial charge in [-0.2, -0.15) is 0 Å². The van der Waals surface area contributed by atoms with E-state index in [9.17, 15) is 4.79 Å². The Balaban J connectivity index is 1.64. The third-order valence-corrected chi connectivity index (χ3v) is 4.24. The SMILES string of the molecule is CO[C@]1(COCc2ccccc2)C=CC(=O)[C@@H]([C@H]2COC(C)(C)O2)O1. The van der Waals surface area contributed by atoms with Crippen LogP contribution in [-0.4, -0.2) is 49.9 Å². The lowest BCUT2D eigenvalue weighted by Gasteiger charge is -2.37. The van der Waals surface area contributed by atoms with Gasteiger partial charge < -0.3 is 23.7 Å². The fourth-order valence-corrected chi connectivity index (χ4v) is 2.88. The molecule has 6 nitrogen and oxygen atoms in total. The number of methoxy groups -OCH3 is 1. The molecule has 0 N–H and O–H groups in total. The van der Waals surface area contributed by atoms with Crippen LogP contribution in [0.4, 0.5) is 0 Å². The molecular formula is C19H24O6. The van der Waals surface area contributed by atoms with Crippen LogP contribution < -0.4 is 0 Å². The summed E-state index contributed by atoms with van der Waals surface area (Å²) < 4.78 is 28.6. The number of carbonyl (C=O) groups excluding carboxylic acids is 1. The number of hydrogen-bond donors (Lipinski definition) is 0. The summed E-state index contributed by atoms with van der Waals surface area (Å²) in [6.07, 6.45) is 1.80. The molecule has 2 heterocycles. The first-order valence-electron chi connectivity index (χ1n) is 8.33. The zero-order valence-electron chi connectivity index (χ0n) is 14.8. The van der Waals surface area contributed by atoms with Gasteiger partial charge in [-0.3, -0.25) is 4.79 Å². The third kappa shape index (κ3) is 4.34. The molecule has 136 valence electrons. The number of ether oxygens (including phenoxy) is 5. The fourth-order valence-electron chi connectivity index (χ4n) is 2.88. The maximum absolute atomic E-state index is 12.2. The van der Waals surface area contributed by atoms with Crippen LogP contribution in [0.2, 0.25) is 0 Å². The molecule has 3 rings (SSSR count). The van der Waals surface area contributed by atoms with Crippen molar-refractivity contribution in [1.82, 2.24) is 0 Å². The number of carbonyl (C=O) groups is 1. The molecule has 1 aromatic carbocycles. The van der Waals surface area contributed by atoms with E-state index >= 15 is 0 Å². The van der Waals surface area contributed by atoms with Crippen molar-refractivity contribution >= 4 is 5.78 Å². The van der Waals surface area contributed by atoms with Crippen LogP contribution in [0.1, 0.15) is 19.4 Å². The second kappa shape index (κ2) is 7.35. The Bertz CT molecular complexity index is 626. The predicted molar refractivity (Wildman–Crippen MR) is 89.8 cm³/mol. The minimum Gasteiger partial charge on any atom is -0.371 e. The zero-order valence-corrected chi connectivity index (χ0v) is 14.8. The highest BCUT2D eigenvalue weighted by atomic mass is 16.8. The summed E-state index contributed by atoms with van der Waals surface area (Å²) in [7, 11) is 1.53. The summed E-state index contributed by atoms with van der Waals surface area (Å²) in [5, 5.41) is 0. The summed E-state index contributed by atoms with van der Waals surface area (Å²) in [6.45, 7) is 4.50. The molecule has 1 saturated heterocycles. The smallest absolute Gasteiger partial charge is 0.212 e. The molecule has 2 aliphatic heterocycles. The van der Waals surface area contributed by atoms with Gasteiger partial charge >= 0.3 is 0 Å². The van der Waals surface area contributed by atoms with Crippen molar-refractivity contribution in [1.29, 1.82) is 0 Å². The lowest BCUT2D eigenvalue weighted by Crippen LogP contribution is -2.51. The summed E-state index contributed by atoms with van der Waals surface area (Å²) in [5.41, 5.74) is 1.05. The summed E-state index contributed by atoms with van der Waals surface area (Å²) in [5.74, 6) is -2.01. The lowest BCUT2D eigenvalue weighted by atomic mass is 10.0. The number of benzene rings is 1. The van der Waals surface area contributed by atoms with Gasteiger partial charge in [-0.25, -0.2) is 0 Å². The van der Waals surface area contributed by atoms with Crippen LogP contribution in [0.5, 0.6) is 0 Å². The minimum atomic E-state index is -1.12. The Morgan fingerprint density at radius 1 is 1.20 bits per heavy atom. The first kappa shape index (κ1) is 18.2. The molecule has 0 unspecified atom stereocenters. The maximum Gasteiger partial charge on any atom is 0.212 e. The average Bonchev–Trinajstić information content (AvgIpc) is 2.97. The molecule has 25 heavy (non-hydrogen) atoms. The quantitative estimate of drug-likeness (QED) is 0.785. The molecular weight excluding hydrogens is 324 g/mol. The molecule has 0 spiro atoms. The Morgan fingerprint density at radius 3 is 2.60 bits per heavy atom. The average molecular weight is 348 g/mol. The summed E-state index contributed by atoms with van der Waals surface area (Å²) in [4.78, 5) is 12.2. The van der Waals surface area contributed by atoms with Crippen LogP contribution in [0.25, 0.3) is 0 Å². The Labute approximate surface area is 147 Å². The maximum atomic E-state index is 12.2. The van der Waals surface area contributed by atoms with Crippen molar-refractivity contribution in [2.45, 2.75) is 44.2 Å². The van der Waals surface area contributed by atoms with E-state index in [1.165, 1.54) is 13.2 Å². The van der Waals surface area contributed by atoms with Gasteiger partial charge in [-0.1, -0.05) is 30.3 Å². The highest BCUT2D eigenvalue weighted by Gasteiger charge is 2.46. The molecule has 0 amide bonds. The van der Waals surface area contributed by atoms with Gasteiger partial charge in [-0.15, -0.1) is 0 Å². The molecule has 0 bridgehead atoms. The van der Waals surface area contributed by atoms with Crippen LogP contribution in [0, 0.1) is 0 Å². The summed E-state index contributed by atoms with van der Waals surface area (Å²) >= 11 is 0. The van der Waals surface area contributed by atoms with Gasteiger partial charge in [0.2, 0.25) is 5.79 Å². The van der Waals surface area contributed by atoms with E-state index in [-0.39, 0.29) is 12.4 Å². The second-order valence-electron chi connectivity index (χ2n) is 6.64. The van der Waals surface area contributed by atoms with Crippen LogP contribution in [0.15, 0.2) is 42.5 Å². The van der Waals surface area contributed by atoms with E-state index < -0.39 is 23.8 Å². The van der Waals surface area contributed by atoms with Crippen molar-refractivity contribution in [3.05, 3.63) is 48.0 Å². The van der Waals surface area contributed by atoms with Crippen LogP contribution in [0.3, 0.4) is 0 Å². The predicted octanol–water partition coefficient (Wildman–Crippen LogP) is 2.22. The van der Waals surface area contributed by atoms with Crippen molar-refractivity contribution in [3.63, 3.8) is 0 Å². The van der Waals surface area contributed by atoms with E-state index in [1.807, 2.05) is 44.2 Å². The number of ketones is 1. The Kier molecular flexibility index (Phi) is 5.36. The van der Waals surface area contributed by atoms with Gasteiger partial charge in [0.25, 0.3) is 0 Å². The van der Waals surface area contributed by atoms with E-state index in [1.54, 1.807) is 6.08 Å². The van der Waals surface area contributed by atoms with Gasteiger partial charge in [-0.05, 0) is 31.6 Å². The van der Waals surface area contributed by atoms with Crippen LogP contribution in [-0.2, 0) is 35.1 Å². The molecule has 3 atom stereocenters. The van der Waals surface area contributed by atoms with Crippen molar-refractivity contribution in [2.75, 3.05) is 20.3 Å². The van der Waals surface area contributed by atoms with Crippen molar-refractivity contribution < 1.29 is 28.5 Å². The number of rotatable bonds is 6. The minimum absolute atomic E-state index is 0.162. The fraction of sp³-hybridized carbons (Fsp3) is 0.526. The monoisotopic (exact) mass is 348 g/mol. The summed E-state index contributed by atoms with van der Waals surface area (Å²) in [6, 6.07) is 9.82. The highest BCUT2D eigenvalue weighted by Crippen LogP contribution is 2.31. The van der Waals surface area contributed by atoms with E-state index in [4.69, 9.17) is 23.7 Å².